The number of rotatable bonds is 4. The van der Waals surface area contributed by atoms with E-state index in [4.69, 9.17) is 10.6 Å². The first kappa shape index (κ1) is 13.9. The number of quaternary nitrogens is 1. The molecule has 19 heavy (non-hydrogen) atoms. The lowest BCUT2D eigenvalue weighted by Crippen LogP contribution is -3.11. The largest absolute Gasteiger partial charge is 0.496 e. The van der Waals surface area contributed by atoms with E-state index in [1.807, 2.05) is 19.1 Å². The third kappa shape index (κ3) is 3.47. The van der Waals surface area contributed by atoms with Crippen molar-refractivity contribution < 1.29 is 9.64 Å². The zero-order valence-corrected chi connectivity index (χ0v) is 11.9. The molecule has 0 spiro atoms. The second-order valence-corrected chi connectivity index (χ2v) is 5.23. The topological polar surface area (TPSA) is 52.0 Å². The molecular weight excluding hydrogens is 238 g/mol. The first-order valence-corrected chi connectivity index (χ1v) is 7.00. The number of hydrazone groups is 1. The van der Waals surface area contributed by atoms with Gasteiger partial charge in [0.15, 0.2) is 0 Å². The highest BCUT2D eigenvalue weighted by Crippen LogP contribution is 2.19. The second-order valence-electron chi connectivity index (χ2n) is 5.23. The summed E-state index contributed by atoms with van der Waals surface area (Å²) in [6.07, 6.45) is 4.04. The fraction of sp³-hybridized carbons (Fsp3) is 0.533. The Hall–Kier alpha value is -1.55. The average molecular weight is 262 g/mol. The third-order valence-electron chi connectivity index (χ3n) is 3.89. The van der Waals surface area contributed by atoms with Crippen molar-refractivity contribution in [2.24, 2.45) is 10.9 Å². The molecule has 0 atom stereocenters. The van der Waals surface area contributed by atoms with Gasteiger partial charge in [-0.25, -0.2) is 0 Å². The van der Waals surface area contributed by atoms with Gasteiger partial charge in [-0.2, -0.15) is 5.10 Å². The molecule has 0 saturated carbocycles. The maximum absolute atomic E-state index is 5.47. The Kier molecular flexibility index (Phi) is 4.80. The summed E-state index contributed by atoms with van der Waals surface area (Å²) < 4.78 is 5.47. The number of likely N-dealkylation sites (tertiary alicyclic amines) is 1. The molecule has 0 aromatic heterocycles. The van der Waals surface area contributed by atoms with E-state index in [0.29, 0.717) is 0 Å². The summed E-state index contributed by atoms with van der Waals surface area (Å²) in [5, 5.41) is 3.77. The molecule has 0 aliphatic carbocycles. The first-order valence-electron chi connectivity index (χ1n) is 7.00. The van der Waals surface area contributed by atoms with Gasteiger partial charge < -0.3 is 15.5 Å². The van der Waals surface area contributed by atoms with Crippen LogP contribution in [0.25, 0.3) is 0 Å². The van der Waals surface area contributed by atoms with E-state index < -0.39 is 0 Å². The van der Waals surface area contributed by atoms with E-state index in [9.17, 15) is 0 Å². The van der Waals surface area contributed by atoms with Crippen LogP contribution >= 0.6 is 0 Å². The number of ether oxygens (including phenoxy) is 1. The molecule has 0 radical (unpaired) electrons. The van der Waals surface area contributed by atoms with Crippen LogP contribution in [0.5, 0.6) is 5.75 Å². The lowest BCUT2D eigenvalue weighted by atomic mass is 10.0. The number of methoxy groups -OCH3 is 1. The summed E-state index contributed by atoms with van der Waals surface area (Å²) in [5.41, 5.74) is 3.19. The third-order valence-corrected chi connectivity index (χ3v) is 3.89. The van der Waals surface area contributed by atoms with Crippen LogP contribution in [0.1, 0.15) is 37.3 Å². The van der Waals surface area contributed by atoms with Crippen LogP contribution in [0.15, 0.2) is 23.3 Å². The van der Waals surface area contributed by atoms with Crippen molar-refractivity contribution in [2.45, 2.75) is 32.7 Å². The lowest BCUT2D eigenvalue weighted by Gasteiger charge is -2.24. The van der Waals surface area contributed by atoms with Gasteiger partial charge >= 0.3 is 0 Å². The number of piperidine rings is 1. The van der Waals surface area contributed by atoms with Crippen molar-refractivity contribution in [1.82, 2.24) is 0 Å². The van der Waals surface area contributed by atoms with Crippen LogP contribution in [0.2, 0.25) is 0 Å². The quantitative estimate of drug-likeness (QED) is 0.482. The predicted molar refractivity (Wildman–Crippen MR) is 77.6 cm³/mol. The summed E-state index contributed by atoms with van der Waals surface area (Å²) in [7, 11) is 1.73. The molecule has 1 heterocycles. The number of hydrogen-bond donors (Lipinski definition) is 2. The van der Waals surface area contributed by atoms with Crippen LogP contribution in [0.4, 0.5) is 0 Å². The van der Waals surface area contributed by atoms with Gasteiger partial charge in [0.1, 0.15) is 12.3 Å². The van der Waals surface area contributed by atoms with Crippen LogP contribution in [-0.4, -0.2) is 25.9 Å². The molecule has 0 bridgehead atoms. The second kappa shape index (κ2) is 6.57. The minimum absolute atomic E-state index is 0.859. The highest BCUT2D eigenvalue weighted by molar-refractivity contribution is 5.98. The monoisotopic (exact) mass is 262 g/mol. The van der Waals surface area contributed by atoms with Gasteiger partial charge in [0.05, 0.1) is 25.9 Å². The molecule has 1 saturated heterocycles. The fourth-order valence-electron chi connectivity index (χ4n) is 2.71. The molecule has 1 aliphatic rings. The van der Waals surface area contributed by atoms with Crippen molar-refractivity contribution in [1.29, 1.82) is 0 Å². The number of nitrogens with one attached hydrogen (secondary N) is 1. The molecule has 3 N–H and O–H groups in total. The summed E-state index contributed by atoms with van der Waals surface area (Å²) in [6.45, 7) is 5.48. The predicted octanol–water partition coefficient (Wildman–Crippen LogP) is 0.947. The van der Waals surface area contributed by atoms with Crippen molar-refractivity contribution in [3.05, 3.63) is 29.3 Å². The van der Waals surface area contributed by atoms with Gasteiger partial charge in [0.2, 0.25) is 0 Å². The Bertz CT molecular complexity index is 451. The normalized spacial score (nSPS) is 17.5. The Balaban J connectivity index is 2.20. The summed E-state index contributed by atoms with van der Waals surface area (Å²) in [5.74, 6) is 6.32. The molecule has 1 aliphatic heterocycles. The number of nitrogens with zero attached hydrogens (tertiary/aromatic N) is 1. The maximum atomic E-state index is 5.47. The van der Waals surface area contributed by atoms with Crippen LogP contribution in [0, 0.1) is 0 Å². The van der Waals surface area contributed by atoms with Crippen LogP contribution in [-0.2, 0) is 6.54 Å². The van der Waals surface area contributed by atoms with Gasteiger partial charge in [-0.1, -0.05) is 0 Å². The minimum Gasteiger partial charge on any atom is -0.496 e. The highest BCUT2D eigenvalue weighted by Gasteiger charge is 2.17. The van der Waals surface area contributed by atoms with E-state index >= 15 is 0 Å². The average Bonchev–Trinajstić information content (AvgIpc) is 2.47. The van der Waals surface area contributed by atoms with E-state index in [-0.39, 0.29) is 0 Å². The Morgan fingerprint density at radius 3 is 2.68 bits per heavy atom. The summed E-state index contributed by atoms with van der Waals surface area (Å²) in [4.78, 5) is 1.64. The summed E-state index contributed by atoms with van der Waals surface area (Å²) >= 11 is 0. The molecule has 2 rings (SSSR count). The molecule has 4 nitrogen and oxygen atoms in total. The fourth-order valence-corrected chi connectivity index (χ4v) is 2.71. The minimum atomic E-state index is 0.859. The van der Waals surface area contributed by atoms with Gasteiger partial charge in [-0.3, -0.25) is 0 Å². The van der Waals surface area contributed by atoms with Crippen LogP contribution < -0.4 is 15.5 Å². The van der Waals surface area contributed by atoms with Crippen molar-refractivity contribution in [2.75, 3.05) is 20.2 Å². The molecule has 0 unspecified atom stereocenters. The standard InChI is InChI=1S/C15H23N3O/c1-12(17-16)13-6-7-15(19-2)14(10-13)11-18-8-4-3-5-9-18/h6-7,10H,3-5,8-9,11,16H2,1-2H3/p+1/b17-12-. The zero-order valence-electron chi connectivity index (χ0n) is 11.9. The Morgan fingerprint density at radius 2 is 2.05 bits per heavy atom. The van der Waals surface area contributed by atoms with Crippen molar-refractivity contribution in [3.63, 3.8) is 0 Å². The number of nitrogens with two attached hydrogens (primary N) is 1. The van der Waals surface area contributed by atoms with Gasteiger partial charge in [-0.05, 0) is 49.9 Å². The van der Waals surface area contributed by atoms with Gasteiger partial charge in [0.25, 0.3) is 0 Å². The molecule has 1 aromatic carbocycles. The van der Waals surface area contributed by atoms with E-state index in [2.05, 4.69) is 11.2 Å². The van der Waals surface area contributed by atoms with Crippen LogP contribution in [0.3, 0.4) is 0 Å². The highest BCUT2D eigenvalue weighted by atomic mass is 16.5. The van der Waals surface area contributed by atoms with E-state index in [0.717, 1.165) is 23.6 Å². The molecular formula is C15H24N3O+. The van der Waals surface area contributed by atoms with Crippen molar-refractivity contribution in [3.8, 4) is 5.75 Å². The smallest absolute Gasteiger partial charge is 0.127 e. The molecule has 0 amide bonds. The van der Waals surface area contributed by atoms with Crippen molar-refractivity contribution >= 4 is 5.71 Å². The molecule has 104 valence electrons. The molecule has 1 fully saturated rings. The maximum Gasteiger partial charge on any atom is 0.127 e. The molecule has 4 heteroatoms. The SMILES string of the molecule is COc1ccc(/C(C)=N\N)cc1C[NH+]1CCCCC1. The lowest BCUT2D eigenvalue weighted by molar-refractivity contribution is -0.918. The zero-order chi connectivity index (χ0) is 13.7. The Labute approximate surface area is 115 Å². The molecule has 1 aromatic rings. The Morgan fingerprint density at radius 1 is 1.32 bits per heavy atom. The summed E-state index contributed by atoms with van der Waals surface area (Å²) in [6, 6.07) is 6.19. The van der Waals surface area contributed by atoms with E-state index in [1.54, 1.807) is 12.0 Å². The first-order chi connectivity index (χ1) is 9.24. The number of benzene rings is 1. The number of hydrogen-bond acceptors (Lipinski definition) is 3. The van der Waals surface area contributed by atoms with E-state index in [1.165, 1.54) is 37.9 Å². The van der Waals surface area contributed by atoms with Gasteiger partial charge in [-0.15, -0.1) is 0 Å². The van der Waals surface area contributed by atoms with Gasteiger partial charge in [0, 0.05) is 5.56 Å².